The Morgan fingerprint density at radius 2 is 1.89 bits per heavy atom. The number of hydrogen-bond acceptors (Lipinski definition) is 3. The number of aliphatic hydroxyl groups is 1. The third-order valence-electron chi connectivity index (χ3n) is 2.24. The van der Waals surface area contributed by atoms with Crippen molar-refractivity contribution in [2.75, 3.05) is 25.0 Å². The highest BCUT2D eigenvalue weighted by Gasteiger charge is 2.18. The molecule has 0 bridgehead atoms. The summed E-state index contributed by atoms with van der Waals surface area (Å²) in [5.74, 6) is 1.54. The zero-order valence-electron chi connectivity index (χ0n) is 10.5. The maximum absolute atomic E-state index is 8.74. The SMILES string of the molecule is CCC(OCCCO)C(CCl)CCCl.O=[PH](O)O. The predicted octanol–water partition coefficient (Wildman–Crippen LogP) is 2.01. The van der Waals surface area contributed by atoms with Gasteiger partial charge in [-0.3, -0.25) is 4.57 Å². The van der Waals surface area contributed by atoms with Crippen LogP contribution in [0.25, 0.3) is 0 Å². The van der Waals surface area contributed by atoms with Crippen molar-refractivity contribution in [2.24, 2.45) is 5.92 Å². The van der Waals surface area contributed by atoms with Crippen LogP contribution < -0.4 is 0 Å². The first-order chi connectivity index (χ1) is 8.53. The van der Waals surface area contributed by atoms with Gasteiger partial charge in [-0.05, 0) is 25.2 Å². The molecule has 2 unspecified atom stereocenters. The predicted molar refractivity (Wildman–Crippen MR) is 74.7 cm³/mol. The Balaban J connectivity index is 0. The van der Waals surface area contributed by atoms with Crippen LogP contribution in [0.3, 0.4) is 0 Å². The van der Waals surface area contributed by atoms with Gasteiger partial charge in [0.1, 0.15) is 0 Å². The zero-order valence-corrected chi connectivity index (χ0v) is 13.0. The molecule has 0 heterocycles. The van der Waals surface area contributed by atoms with Crippen LogP contribution >= 0.6 is 31.5 Å². The van der Waals surface area contributed by atoms with Gasteiger partial charge in [0.15, 0.2) is 0 Å². The van der Waals surface area contributed by atoms with Crippen molar-refractivity contribution in [1.82, 2.24) is 0 Å². The fourth-order valence-electron chi connectivity index (χ4n) is 1.39. The smallest absolute Gasteiger partial charge is 0.314 e. The van der Waals surface area contributed by atoms with E-state index < -0.39 is 8.25 Å². The van der Waals surface area contributed by atoms with Crippen molar-refractivity contribution < 1.29 is 24.2 Å². The van der Waals surface area contributed by atoms with Gasteiger partial charge in [0.25, 0.3) is 0 Å². The molecule has 0 aromatic rings. The second kappa shape index (κ2) is 15.7. The summed E-state index contributed by atoms with van der Waals surface area (Å²) in [6, 6.07) is 0. The fourth-order valence-corrected chi connectivity index (χ4v) is 2.02. The van der Waals surface area contributed by atoms with E-state index in [1.165, 1.54) is 0 Å². The molecular weight excluding hydrogens is 302 g/mol. The van der Waals surface area contributed by atoms with E-state index in [2.05, 4.69) is 6.92 Å². The number of halogens is 2. The molecule has 0 aliphatic carbocycles. The van der Waals surface area contributed by atoms with Crippen LogP contribution in [0.15, 0.2) is 0 Å². The van der Waals surface area contributed by atoms with E-state index in [4.69, 9.17) is 47.4 Å². The minimum absolute atomic E-state index is 0.178. The van der Waals surface area contributed by atoms with Crippen LogP contribution in [0.5, 0.6) is 0 Å². The van der Waals surface area contributed by atoms with E-state index in [-0.39, 0.29) is 12.7 Å². The molecule has 8 heteroatoms. The maximum atomic E-state index is 8.74. The van der Waals surface area contributed by atoms with Gasteiger partial charge in [0.2, 0.25) is 0 Å². The van der Waals surface area contributed by atoms with Gasteiger partial charge in [-0.15, -0.1) is 23.2 Å². The van der Waals surface area contributed by atoms with Gasteiger partial charge in [0.05, 0.1) is 6.10 Å². The van der Waals surface area contributed by atoms with Crippen LogP contribution in [0.1, 0.15) is 26.2 Å². The summed E-state index contributed by atoms with van der Waals surface area (Å²) < 4.78 is 14.4. The molecule has 18 heavy (non-hydrogen) atoms. The second-order valence-corrected chi connectivity index (χ2v) is 4.82. The second-order valence-electron chi connectivity index (χ2n) is 3.57. The van der Waals surface area contributed by atoms with Gasteiger partial charge >= 0.3 is 8.25 Å². The minimum Gasteiger partial charge on any atom is -0.396 e. The molecule has 0 saturated heterocycles. The Kier molecular flexibility index (Phi) is 18.3. The number of rotatable bonds is 9. The van der Waals surface area contributed by atoms with Gasteiger partial charge in [-0.1, -0.05) is 6.92 Å². The van der Waals surface area contributed by atoms with Crippen molar-refractivity contribution in [3.8, 4) is 0 Å². The van der Waals surface area contributed by atoms with Crippen LogP contribution in [-0.4, -0.2) is 46.0 Å². The first-order valence-corrected chi connectivity index (χ1v) is 8.16. The van der Waals surface area contributed by atoms with Crippen molar-refractivity contribution >= 4 is 31.5 Å². The monoisotopic (exact) mass is 324 g/mol. The standard InChI is InChI=1S/C10H20Cl2O2.H3O3P/c1-2-10(14-7-3-6-13)9(8-12)4-5-11;1-4(2)3/h9-10,13H,2-8H2,1H3;4H,(H2,1,2,3). The van der Waals surface area contributed by atoms with E-state index in [0.717, 1.165) is 12.8 Å². The number of alkyl halides is 2. The Morgan fingerprint density at radius 3 is 2.22 bits per heavy atom. The molecule has 0 spiro atoms. The lowest BCUT2D eigenvalue weighted by Gasteiger charge is -2.24. The number of ether oxygens (including phenoxy) is 1. The maximum Gasteiger partial charge on any atom is 0.314 e. The van der Waals surface area contributed by atoms with Gasteiger partial charge < -0.3 is 19.6 Å². The molecular formula is C10H23Cl2O5P. The Labute approximate surface area is 119 Å². The topological polar surface area (TPSA) is 87.0 Å². The lowest BCUT2D eigenvalue weighted by molar-refractivity contribution is 0.00878. The highest BCUT2D eigenvalue weighted by molar-refractivity contribution is 7.30. The molecule has 0 aliphatic rings. The lowest BCUT2D eigenvalue weighted by Crippen LogP contribution is -2.26. The summed E-state index contributed by atoms with van der Waals surface area (Å²) in [5.41, 5.74) is 0. The number of hydrogen-bond donors (Lipinski definition) is 3. The van der Waals surface area contributed by atoms with E-state index in [9.17, 15) is 0 Å². The Morgan fingerprint density at radius 1 is 1.33 bits per heavy atom. The molecule has 0 radical (unpaired) electrons. The van der Waals surface area contributed by atoms with Crippen molar-refractivity contribution in [2.45, 2.75) is 32.3 Å². The Bertz CT molecular complexity index is 193. The van der Waals surface area contributed by atoms with Crippen molar-refractivity contribution in [3.63, 3.8) is 0 Å². The molecule has 0 aromatic carbocycles. The third kappa shape index (κ3) is 14.7. The van der Waals surface area contributed by atoms with E-state index in [1.807, 2.05) is 0 Å². The largest absolute Gasteiger partial charge is 0.396 e. The molecule has 2 atom stereocenters. The van der Waals surface area contributed by atoms with Crippen LogP contribution in [0.4, 0.5) is 0 Å². The average Bonchev–Trinajstić information content (AvgIpc) is 2.32. The first kappa shape index (κ1) is 21.0. The molecule has 0 fully saturated rings. The molecule has 0 aromatic heterocycles. The summed E-state index contributed by atoms with van der Waals surface area (Å²) in [7, 11) is -3.13. The average molecular weight is 325 g/mol. The summed E-state index contributed by atoms with van der Waals surface area (Å²) in [6.07, 6.45) is 2.70. The van der Waals surface area contributed by atoms with Gasteiger partial charge in [-0.25, -0.2) is 0 Å². The third-order valence-corrected chi connectivity index (χ3v) is 2.86. The highest BCUT2D eigenvalue weighted by Crippen LogP contribution is 2.18. The summed E-state index contributed by atoms with van der Waals surface area (Å²) in [5, 5.41) is 8.62. The molecule has 0 saturated carbocycles. The summed E-state index contributed by atoms with van der Waals surface area (Å²) in [6.45, 7) is 2.86. The Hall–Kier alpha value is 0.650. The van der Waals surface area contributed by atoms with Crippen LogP contribution in [-0.2, 0) is 9.30 Å². The first-order valence-electron chi connectivity index (χ1n) is 5.79. The lowest BCUT2D eigenvalue weighted by atomic mass is 9.99. The van der Waals surface area contributed by atoms with Crippen LogP contribution in [0.2, 0.25) is 0 Å². The van der Waals surface area contributed by atoms with E-state index in [1.54, 1.807) is 0 Å². The van der Waals surface area contributed by atoms with Crippen LogP contribution in [0, 0.1) is 5.92 Å². The molecule has 112 valence electrons. The summed E-state index contributed by atoms with van der Waals surface area (Å²) >= 11 is 11.5. The molecule has 5 nitrogen and oxygen atoms in total. The molecule has 3 N–H and O–H groups in total. The number of aliphatic hydroxyl groups excluding tert-OH is 1. The minimum atomic E-state index is -3.13. The molecule has 0 rings (SSSR count). The normalized spacial score (nSPS) is 13.9. The fraction of sp³-hybridized carbons (Fsp3) is 1.00. The van der Waals surface area contributed by atoms with Gasteiger partial charge in [0, 0.05) is 25.0 Å². The van der Waals surface area contributed by atoms with Crippen molar-refractivity contribution in [1.29, 1.82) is 0 Å². The molecule has 0 amide bonds. The molecule has 0 aliphatic heterocycles. The van der Waals surface area contributed by atoms with E-state index in [0.29, 0.717) is 30.7 Å². The van der Waals surface area contributed by atoms with E-state index >= 15 is 0 Å². The van der Waals surface area contributed by atoms with Crippen molar-refractivity contribution in [3.05, 3.63) is 0 Å². The highest BCUT2D eigenvalue weighted by atomic mass is 35.5. The quantitative estimate of drug-likeness (QED) is 0.343. The zero-order chi connectivity index (χ0) is 14.4. The van der Waals surface area contributed by atoms with Gasteiger partial charge in [-0.2, -0.15) is 0 Å². The summed E-state index contributed by atoms with van der Waals surface area (Å²) in [4.78, 5) is 14.3.